The summed E-state index contributed by atoms with van der Waals surface area (Å²) in [5.41, 5.74) is 6.28. The van der Waals surface area contributed by atoms with Crippen LogP contribution in [0.5, 0.6) is 0 Å². The molecule has 0 fully saturated rings. The highest BCUT2D eigenvalue weighted by atomic mass is 32.2. The minimum Gasteiger partial charge on any atom is -0.256 e. The topological polar surface area (TPSA) is 107 Å². The van der Waals surface area contributed by atoms with Crippen LogP contribution >= 0.6 is 11.3 Å². The van der Waals surface area contributed by atoms with Crippen molar-refractivity contribution in [1.82, 2.24) is 15.0 Å². The lowest BCUT2D eigenvalue weighted by molar-refractivity contribution is 0.561. The fourth-order valence-corrected chi connectivity index (χ4v) is 8.04. The largest absolute Gasteiger partial charge is 0.256 e. The number of hydrogen-bond acceptors (Lipinski definition) is 8. The SMILES string of the molecule is CC(C)(c1cc(-c2cccc(-c3sc(-c4nccc5ccccc45)nc3-c3ccc(S(C)(=O)=O)cc3)c2)c2ncccc2c1)S(C)(=O)=O. The fourth-order valence-electron chi connectivity index (χ4n) is 5.76. The lowest BCUT2D eigenvalue weighted by Gasteiger charge is -2.24. The van der Waals surface area contributed by atoms with Gasteiger partial charge in [-0.1, -0.05) is 60.7 Å². The van der Waals surface area contributed by atoms with Gasteiger partial charge in [0.15, 0.2) is 19.7 Å². The summed E-state index contributed by atoms with van der Waals surface area (Å²) >= 11 is 1.52. The number of fused-ring (bicyclic) bond motifs is 2. The Morgan fingerprint density at radius 1 is 0.646 bits per heavy atom. The average Bonchev–Trinajstić information content (AvgIpc) is 3.52. The first-order valence-electron chi connectivity index (χ1n) is 15.2. The molecule has 48 heavy (non-hydrogen) atoms. The van der Waals surface area contributed by atoms with Gasteiger partial charge in [-0.2, -0.15) is 0 Å². The van der Waals surface area contributed by atoms with Crippen molar-refractivity contribution in [3.05, 3.63) is 121 Å². The molecule has 0 saturated carbocycles. The number of pyridine rings is 2. The van der Waals surface area contributed by atoms with E-state index in [0.29, 0.717) is 11.3 Å². The first-order valence-corrected chi connectivity index (χ1v) is 19.8. The standard InChI is InChI=1S/C38H31N3O4S3/c1-38(2,48(4,44)45)29-22-27-12-8-19-39-33(27)32(23-29)26-10-7-11-28(21-26)36-34(25-14-16-30(17-15-25)47(3,42)43)41-37(46-36)35-31-13-6-5-9-24(31)18-20-40-35/h5-23H,1-4H3. The fraction of sp³-hybridized carbons (Fsp3) is 0.132. The molecule has 3 heterocycles. The maximum atomic E-state index is 12.9. The molecule has 0 bridgehead atoms. The molecule has 0 aliphatic heterocycles. The lowest BCUT2D eigenvalue weighted by atomic mass is 9.92. The van der Waals surface area contributed by atoms with Crippen molar-refractivity contribution >= 4 is 52.7 Å². The van der Waals surface area contributed by atoms with Crippen molar-refractivity contribution in [3.8, 4) is 43.5 Å². The van der Waals surface area contributed by atoms with E-state index in [-0.39, 0.29) is 4.90 Å². The van der Waals surface area contributed by atoms with Gasteiger partial charge in [-0.3, -0.25) is 9.97 Å². The van der Waals surface area contributed by atoms with Crippen molar-refractivity contribution in [3.63, 3.8) is 0 Å². The molecule has 4 aromatic carbocycles. The molecule has 7 rings (SSSR count). The third-order valence-electron chi connectivity index (χ3n) is 8.82. The molecule has 3 aromatic heterocycles. The Morgan fingerprint density at radius 2 is 1.38 bits per heavy atom. The van der Waals surface area contributed by atoms with Gasteiger partial charge in [0.25, 0.3) is 0 Å². The van der Waals surface area contributed by atoms with Crippen LogP contribution in [-0.2, 0) is 24.4 Å². The summed E-state index contributed by atoms with van der Waals surface area (Å²) < 4.78 is 49.1. The summed E-state index contributed by atoms with van der Waals surface area (Å²) in [5.74, 6) is 0. The number of aromatic nitrogens is 3. The third-order valence-corrected chi connectivity index (χ3v) is 13.2. The van der Waals surface area contributed by atoms with Crippen LogP contribution in [0.3, 0.4) is 0 Å². The van der Waals surface area contributed by atoms with Gasteiger partial charge in [0.1, 0.15) is 10.7 Å². The highest BCUT2D eigenvalue weighted by molar-refractivity contribution is 7.91. The van der Waals surface area contributed by atoms with Gasteiger partial charge >= 0.3 is 0 Å². The summed E-state index contributed by atoms with van der Waals surface area (Å²) in [5, 5.41) is 3.62. The zero-order chi connectivity index (χ0) is 33.8. The highest BCUT2D eigenvalue weighted by Gasteiger charge is 2.33. The van der Waals surface area contributed by atoms with Crippen molar-refractivity contribution in [2.75, 3.05) is 12.5 Å². The molecule has 0 saturated heterocycles. The van der Waals surface area contributed by atoms with Crippen molar-refractivity contribution in [2.45, 2.75) is 23.5 Å². The molecular weight excluding hydrogens is 659 g/mol. The summed E-state index contributed by atoms with van der Waals surface area (Å²) in [6, 6.07) is 32.5. The molecule has 0 aliphatic carbocycles. The first-order chi connectivity index (χ1) is 22.8. The summed E-state index contributed by atoms with van der Waals surface area (Å²) in [6.45, 7) is 3.45. The number of nitrogens with zero attached hydrogens (tertiary/aromatic N) is 3. The van der Waals surface area contributed by atoms with E-state index >= 15 is 0 Å². The lowest BCUT2D eigenvalue weighted by Crippen LogP contribution is -2.28. The minimum absolute atomic E-state index is 0.234. The average molecular weight is 690 g/mol. The van der Waals surface area contributed by atoms with Crippen LogP contribution in [0.4, 0.5) is 0 Å². The molecule has 0 spiro atoms. The van der Waals surface area contributed by atoms with E-state index < -0.39 is 24.4 Å². The molecule has 0 amide bonds. The second-order valence-electron chi connectivity index (χ2n) is 12.3. The van der Waals surface area contributed by atoms with Crippen molar-refractivity contribution in [1.29, 1.82) is 0 Å². The first kappa shape index (κ1) is 31.8. The predicted octanol–water partition coefficient (Wildman–Crippen LogP) is 8.59. The van der Waals surface area contributed by atoms with Crippen molar-refractivity contribution in [2.24, 2.45) is 0 Å². The van der Waals surface area contributed by atoms with Gasteiger partial charge < -0.3 is 0 Å². The van der Waals surface area contributed by atoms with Crippen LogP contribution in [0.1, 0.15) is 19.4 Å². The summed E-state index contributed by atoms with van der Waals surface area (Å²) in [4.78, 5) is 15.7. The van der Waals surface area contributed by atoms with Crippen LogP contribution < -0.4 is 0 Å². The number of sulfone groups is 2. The van der Waals surface area contributed by atoms with Gasteiger partial charge in [0.05, 0.1) is 25.7 Å². The molecule has 240 valence electrons. The van der Waals surface area contributed by atoms with Crippen LogP contribution in [0.25, 0.3) is 65.2 Å². The Labute approximate surface area is 283 Å². The number of benzene rings is 4. The normalized spacial score (nSPS) is 12.5. The zero-order valence-electron chi connectivity index (χ0n) is 26.7. The summed E-state index contributed by atoms with van der Waals surface area (Å²) in [6.07, 6.45) is 5.97. The molecule has 0 unspecified atom stereocenters. The monoisotopic (exact) mass is 689 g/mol. The van der Waals surface area contributed by atoms with E-state index in [1.54, 1.807) is 50.5 Å². The Kier molecular flexibility index (Phi) is 7.77. The Hall–Kier alpha value is -4.77. The maximum absolute atomic E-state index is 12.9. The molecule has 0 atom stereocenters. The van der Waals surface area contributed by atoms with E-state index in [0.717, 1.165) is 59.5 Å². The molecule has 0 radical (unpaired) electrons. The second-order valence-corrected chi connectivity index (χ2v) is 17.9. The van der Waals surface area contributed by atoms with Gasteiger partial charge in [-0.15, -0.1) is 11.3 Å². The molecular formula is C38H31N3O4S3. The van der Waals surface area contributed by atoms with E-state index in [9.17, 15) is 16.8 Å². The van der Waals surface area contributed by atoms with Crippen LogP contribution in [-0.4, -0.2) is 44.3 Å². The smallest absolute Gasteiger partial charge is 0.175 e. The molecule has 0 aliphatic rings. The Morgan fingerprint density at radius 3 is 2.12 bits per heavy atom. The molecule has 7 aromatic rings. The number of thiazole rings is 1. The van der Waals surface area contributed by atoms with Crippen LogP contribution in [0, 0.1) is 0 Å². The van der Waals surface area contributed by atoms with Crippen molar-refractivity contribution < 1.29 is 16.8 Å². The highest BCUT2D eigenvalue weighted by Crippen LogP contribution is 2.44. The van der Waals surface area contributed by atoms with Gasteiger partial charge in [-0.05, 0) is 78.4 Å². The van der Waals surface area contributed by atoms with E-state index in [2.05, 4.69) is 6.07 Å². The van der Waals surface area contributed by atoms with Gasteiger partial charge in [0.2, 0.25) is 0 Å². The molecule has 10 heteroatoms. The van der Waals surface area contributed by atoms with Gasteiger partial charge in [0, 0.05) is 46.8 Å². The predicted molar refractivity (Wildman–Crippen MR) is 195 cm³/mol. The number of rotatable bonds is 7. The quantitative estimate of drug-likeness (QED) is 0.165. The molecule has 7 nitrogen and oxygen atoms in total. The van der Waals surface area contributed by atoms with E-state index in [1.165, 1.54) is 23.8 Å². The van der Waals surface area contributed by atoms with E-state index in [1.807, 2.05) is 72.8 Å². The minimum atomic E-state index is -3.43. The van der Waals surface area contributed by atoms with Gasteiger partial charge in [-0.25, -0.2) is 21.8 Å². The third kappa shape index (κ3) is 5.70. The van der Waals surface area contributed by atoms with Crippen LogP contribution in [0.2, 0.25) is 0 Å². The van der Waals surface area contributed by atoms with E-state index in [4.69, 9.17) is 15.0 Å². The Balaban J connectivity index is 1.44. The second kappa shape index (κ2) is 11.7. The zero-order valence-corrected chi connectivity index (χ0v) is 29.1. The number of hydrogen-bond donors (Lipinski definition) is 0. The summed E-state index contributed by atoms with van der Waals surface area (Å²) in [7, 11) is -6.81. The van der Waals surface area contributed by atoms with Crippen LogP contribution in [0.15, 0.2) is 120 Å². The maximum Gasteiger partial charge on any atom is 0.175 e. The Bertz CT molecular complexity index is 2590. The molecule has 0 N–H and O–H groups in total.